The predicted molar refractivity (Wildman–Crippen MR) is 57.1 cm³/mol. The van der Waals surface area contributed by atoms with Gasteiger partial charge in [0.2, 0.25) is 0 Å². The van der Waals surface area contributed by atoms with Crippen molar-refractivity contribution in [3.63, 3.8) is 0 Å². The molecule has 0 unspecified atom stereocenters. The molecule has 15 heavy (non-hydrogen) atoms. The summed E-state index contributed by atoms with van der Waals surface area (Å²) in [5.41, 5.74) is 3.48. The van der Waals surface area contributed by atoms with Gasteiger partial charge in [0.15, 0.2) is 0 Å². The van der Waals surface area contributed by atoms with Crippen LogP contribution in [0.15, 0.2) is 18.6 Å². The molecule has 5 nitrogen and oxygen atoms in total. The van der Waals surface area contributed by atoms with E-state index in [1.165, 1.54) is 5.56 Å². The van der Waals surface area contributed by atoms with Crippen LogP contribution in [0.1, 0.15) is 16.8 Å². The lowest BCUT2D eigenvalue weighted by atomic mass is 10.2. The third-order valence-electron chi connectivity index (χ3n) is 2.31. The van der Waals surface area contributed by atoms with Gasteiger partial charge >= 0.3 is 0 Å². The fraction of sp³-hybridized carbons (Fsp3) is 0.400. The SMILES string of the molecule is Cc1nn(C)cc1CNCc1cn[nH]c1. The van der Waals surface area contributed by atoms with Crippen molar-refractivity contribution < 1.29 is 0 Å². The zero-order valence-corrected chi connectivity index (χ0v) is 8.99. The van der Waals surface area contributed by atoms with Crippen LogP contribution in [0.25, 0.3) is 0 Å². The molecular weight excluding hydrogens is 190 g/mol. The normalized spacial score (nSPS) is 10.8. The molecule has 0 aliphatic rings. The number of aryl methyl sites for hydroxylation is 2. The van der Waals surface area contributed by atoms with E-state index >= 15 is 0 Å². The highest BCUT2D eigenvalue weighted by molar-refractivity contribution is 5.15. The summed E-state index contributed by atoms with van der Waals surface area (Å²) in [6, 6.07) is 0. The Balaban J connectivity index is 1.86. The standard InChI is InChI=1S/C10H15N5/c1-8-10(7-15(2)14-8)6-11-3-9-4-12-13-5-9/h4-5,7,11H,3,6H2,1-2H3,(H,12,13). The van der Waals surface area contributed by atoms with Gasteiger partial charge in [-0.3, -0.25) is 9.78 Å². The minimum absolute atomic E-state index is 0.824. The summed E-state index contributed by atoms with van der Waals surface area (Å²) in [5.74, 6) is 0. The van der Waals surface area contributed by atoms with Crippen molar-refractivity contribution >= 4 is 0 Å². The van der Waals surface area contributed by atoms with E-state index in [9.17, 15) is 0 Å². The van der Waals surface area contributed by atoms with Crippen molar-refractivity contribution in [3.8, 4) is 0 Å². The van der Waals surface area contributed by atoms with Crippen LogP contribution < -0.4 is 5.32 Å². The molecule has 0 aliphatic heterocycles. The number of hydrogen-bond donors (Lipinski definition) is 2. The Morgan fingerprint density at radius 3 is 2.93 bits per heavy atom. The molecule has 2 N–H and O–H groups in total. The second-order valence-electron chi connectivity index (χ2n) is 3.62. The van der Waals surface area contributed by atoms with E-state index in [1.807, 2.05) is 37.2 Å². The number of rotatable bonds is 4. The maximum atomic E-state index is 4.28. The molecule has 0 amide bonds. The van der Waals surface area contributed by atoms with Gasteiger partial charge in [-0.15, -0.1) is 0 Å². The number of H-pyrrole nitrogens is 1. The largest absolute Gasteiger partial charge is 0.308 e. The van der Waals surface area contributed by atoms with Crippen molar-refractivity contribution in [2.24, 2.45) is 7.05 Å². The quantitative estimate of drug-likeness (QED) is 0.774. The van der Waals surface area contributed by atoms with Gasteiger partial charge in [0.1, 0.15) is 0 Å². The Kier molecular flexibility index (Phi) is 2.82. The first-order valence-corrected chi connectivity index (χ1v) is 4.93. The molecule has 2 rings (SSSR count). The van der Waals surface area contributed by atoms with Gasteiger partial charge in [-0.05, 0) is 6.92 Å². The highest BCUT2D eigenvalue weighted by atomic mass is 15.2. The Labute approximate surface area is 88.5 Å². The van der Waals surface area contributed by atoms with Crippen LogP contribution in [-0.2, 0) is 20.1 Å². The molecule has 2 aromatic rings. The Morgan fingerprint density at radius 2 is 2.33 bits per heavy atom. The van der Waals surface area contributed by atoms with Crippen LogP contribution in [-0.4, -0.2) is 20.0 Å². The molecule has 0 saturated carbocycles. The van der Waals surface area contributed by atoms with Gasteiger partial charge < -0.3 is 5.32 Å². The highest BCUT2D eigenvalue weighted by Crippen LogP contribution is 2.04. The van der Waals surface area contributed by atoms with Gasteiger partial charge in [-0.25, -0.2) is 0 Å². The first-order valence-electron chi connectivity index (χ1n) is 4.93. The highest BCUT2D eigenvalue weighted by Gasteiger charge is 2.02. The Bertz CT molecular complexity index is 415. The van der Waals surface area contributed by atoms with Crippen LogP contribution in [0.3, 0.4) is 0 Å². The second-order valence-corrected chi connectivity index (χ2v) is 3.62. The zero-order chi connectivity index (χ0) is 10.7. The van der Waals surface area contributed by atoms with E-state index in [-0.39, 0.29) is 0 Å². The molecule has 0 aliphatic carbocycles. The van der Waals surface area contributed by atoms with Gasteiger partial charge in [0, 0.05) is 43.7 Å². The van der Waals surface area contributed by atoms with Crippen LogP contribution in [0.4, 0.5) is 0 Å². The lowest BCUT2D eigenvalue weighted by Gasteiger charge is -2.00. The fourth-order valence-corrected chi connectivity index (χ4v) is 1.54. The maximum Gasteiger partial charge on any atom is 0.0638 e. The Morgan fingerprint density at radius 1 is 1.47 bits per heavy atom. The number of nitrogens with one attached hydrogen (secondary N) is 2. The third kappa shape index (κ3) is 2.44. The van der Waals surface area contributed by atoms with Crippen molar-refractivity contribution in [2.45, 2.75) is 20.0 Å². The van der Waals surface area contributed by atoms with E-state index in [0.717, 1.165) is 24.3 Å². The van der Waals surface area contributed by atoms with Gasteiger partial charge in [-0.1, -0.05) is 0 Å². The molecule has 0 atom stereocenters. The van der Waals surface area contributed by atoms with E-state index in [1.54, 1.807) is 0 Å². The van der Waals surface area contributed by atoms with E-state index in [4.69, 9.17) is 0 Å². The van der Waals surface area contributed by atoms with Crippen molar-refractivity contribution in [3.05, 3.63) is 35.4 Å². The van der Waals surface area contributed by atoms with E-state index in [0.29, 0.717) is 0 Å². The first kappa shape index (κ1) is 9.92. The number of aromatic amines is 1. The number of hydrogen-bond acceptors (Lipinski definition) is 3. The summed E-state index contributed by atoms with van der Waals surface area (Å²) in [7, 11) is 1.94. The first-order chi connectivity index (χ1) is 7.25. The summed E-state index contributed by atoms with van der Waals surface area (Å²) in [4.78, 5) is 0. The van der Waals surface area contributed by atoms with Gasteiger partial charge in [-0.2, -0.15) is 10.2 Å². The van der Waals surface area contributed by atoms with Crippen LogP contribution in [0, 0.1) is 6.92 Å². The molecule has 0 aromatic carbocycles. The van der Waals surface area contributed by atoms with Crippen molar-refractivity contribution in [1.82, 2.24) is 25.3 Å². The second kappa shape index (κ2) is 4.27. The number of nitrogens with zero attached hydrogens (tertiary/aromatic N) is 3. The lowest BCUT2D eigenvalue weighted by Crippen LogP contribution is -2.12. The third-order valence-corrected chi connectivity index (χ3v) is 2.31. The summed E-state index contributed by atoms with van der Waals surface area (Å²) < 4.78 is 1.84. The molecule has 0 fully saturated rings. The van der Waals surface area contributed by atoms with Crippen molar-refractivity contribution in [1.29, 1.82) is 0 Å². The van der Waals surface area contributed by atoms with E-state index in [2.05, 4.69) is 20.6 Å². The minimum Gasteiger partial charge on any atom is -0.308 e. The summed E-state index contributed by atoms with van der Waals surface area (Å²) in [6.07, 6.45) is 5.75. The molecule has 0 bridgehead atoms. The average molecular weight is 205 g/mol. The molecule has 2 aromatic heterocycles. The summed E-state index contributed by atoms with van der Waals surface area (Å²) in [6.45, 7) is 3.69. The average Bonchev–Trinajstić information content (AvgIpc) is 2.77. The molecule has 0 spiro atoms. The van der Waals surface area contributed by atoms with E-state index < -0.39 is 0 Å². The maximum absolute atomic E-state index is 4.28. The summed E-state index contributed by atoms with van der Waals surface area (Å²) >= 11 is 0. The molecule has 5 heteroatoms. The number of aromatic nitrogens is 4. The molecule has 0 saturated heterocycles. The van der Waals surface area contributed by atoms with Crippen LogP contribution >= 0.6 is 0 Å². The van der Waals surface area contributed by atoms with Crippen molar-refractivity contribution in [2.75, 3.05) is 0 Å². The molecule has 0 radical (unpaired) electrons. The molecular formula is C10H15N5. The lowest BCUT2D eigenvalue weighted by molar-refractivity contribution is 0.690. The van der Waals surface area contributed by atoms with Gasteiger partial charge in [0.05, 0.1) is 11.9 Å². The Hall–Kier alpha value is -1.62. The fourth-order valence-electron chi connectivity index (χ4n) is 1.54. The molecule has 2 heterocycles. The monoisotopic (exact) mass is 205 g/mol. The molecule has 80 valence electrons. The van der Waals surface area contributed by atoms with Crippen LogP contribution in [0.2, 0.25) is 0 Å². The smallest absolute Gasteiger partial charge is 0.0638 e. The zero-order valence-electron chi connectivity index (χ0n) is 8.99. The predicted octanol–water partition coefficient (Wildman–Crippen LogP) is 0.741. The minimum atomic E-state index is 0.824. The topological polar surface area (TPSA) is 58.5 Å². The summed E-state index contributed by atoms with van der Waals surface area (Å²) in [5, 5.41) is 14.3. The van der Waals surface area contributed by atoms with Gasteiger partial charge in [0.25, 0.3) is 0 Å². The van der Waals surface area contributed by atoms with Crippen LogP contribution in [0.5, 0.6) is 0 Å².